The van der Waals surface area contributed by atoms with Crippen LogP contribution in [-0.4, -0.2) is 43.2 Å². The maximum absolute atomic E-state index is 16.2. The van der Waals surface area contributed by atoms with Crippen LogP contribution in [0.25, 0.3) is 39.2 Å². The number of aromatic amines is 2. The fourth-order valence-corrected chi connectivity index (χ4v) is 4.66. The largest absolute Gasteiger partial charge is 0.359 e. The number of anilines is 1. The summed E-state index contributed by atoms with van der Waals surface area (Å²) >= 11 is 0. The molecule has 0 amide bonds. The Bertz CT molecular complexity index is 1570. The third kappa shape index (κ3) is 4.71. The van der Waals surface area contributed by atoms with Crippen LogP contribution >= 0.6 is 0 Å². The molecule has 0 atom stereocenters. The van der Waals surface area contributed by atoms with Crippen molar-refractivity contribution in [3.63, 3.8) is 0 Å². The van der Waals surface area contributed by atoms with Gasteiger partial charge in [-0.05, 0) is 55.9 Å². The summed E-state index contributed by atoms with van der Waals surface area (Å²) in [6.45, 7) is 15.8. The number of allylic oxidation sites excluding steroid dienone is 5. The predicted octanol–water partition coefficient (Wildman–Crippen LogP) is 6.26. The lowest BCUT2D eigenvalue weighted by molar-refractivity contribution is 0.574. The summed E-state index contributed by atoms with van der Waals surface area (Å²) in [6, 6.07) is 1.88. The Morgan fingerprint density at radius 3 is 2.71 bits per heavy atom. The molecule has 1 saturated heterocycles. The van der Waals surface area contributed by atoms with E-state index in [1.165, 1.54) is 12.6 Å². The van der Waals surface area contributed by atoms with E-state index in [0.29, 0.717) is 22.7 Å². The van der Waals surface area contributed by atoms with Crippen LogP contribution in [0.15, 0.2) is 61.2 Å². The van der Waals surface area contributed by atoms with Crippen molar-refractivity contribution in [1.29, 1.82) is 0 Å². The van der Waals surface area contributed by atoms with Gasteiger partial charge in [0, 0.05) is 42.4 Å². The van der Waals surface area contributed by atoms with E-state index in [9.17, 15) is 0 Å². The first kappa shape index (κ1) is 25.4. The van der Waals surface area contributed by atoms with Crippen LogP contribution in [0.3, 0.4) is 0 Å². The number of hydrogen-bond donors (Lipinski definition) is 3. The van der Waals surface area contributed by atoms with Gasteiger partial charge >= 0.3 is 0 Å². The second-order valence-corrected chi connectivity index (χ2v) is 9.80. The number of nitrogens with one attached hydrogen (secondary N) is 3. The van der Waals surface area contributed by atoms with E-state index in [4.69, 9.17) is 4.98 Å². The lowest BCUT2D eigenvalue weighted by Gasteiger charge is -2.27. The summed E-state index contributed by atoms with van der Waals surface area (Å²) in [7, 11) is 0. The standard InChI is InChI=1S/C29H33FN8/c1-6-19(15-20(7-2)33-18(5)17(3)4)21-16-32-27-23(24(21)30)26(36-37-27)28-34-22-11-12-31-29(25(22)35-28)38-13-9-8-10-14-38/h6-7,11-12,15-17,33H,2,5,8-10,13-14H2,1,3-4H3,(H,34,35)(H,32,36,37)/b19-6+,20-15+. The first-order valence-electron chi connectivity index (χ1n) is 13.0. The van der Waals surface area contributed by atoms with E-state index < -0.39 is 5.82 Å². The van der Waals surface area contributed by atoms with Crippen molar-refractivity contribution < 1.29 is 4.39 Å². The predicted molar refractivity (Wildman–Crippen MR) is 152 cm³/mol. The number of pyridine rings is 2. The Kier molecular flexibility index (Phi) is 7.09. The molecule has 0 saturated carbocycles. The van der Waals surface area contributed by atoms with E-state index in [1.807, 2.05) is 39.0 Å². The maximum atomic E-state index is 16.2. The molecular formula is C29H33FN8. The fraction of sp³-hybridized carbons (Fsp3) is 0.310. The number of piperidine rings is 1. The third-order valence-electron chi connectivity index (χ3n) is 6.95. The van der Waals surface area contributed by atoms with Gasteiger partial charge in [0.1, 0.15) is 17.0 Å². The van der Waals surface area contributed by atoms with E-state index in [0.717, 1.165) is 54.2 Å². The molecule has 0 unspecified atom stereocenters. The Hall–Kier alpha value is -4.27. The van der Waals surface area contributed by atoms with Crippen molar-refractivity contribution in [1.82, 2.24) is 35.5 Å². The van der Waals surface area contributed by atoms with Crippen LogP contribution in [0.4, 0.5) is 10.2 Å². The van der Waals surface area contributed by atoms with Crippen molar-refractivity contribution in [3.05, 3.63) is 72.6 Å². The van der Waals surface area contributed by atoms with Gasteiger partial charge in [0.2, 0.25) is 0 Å². The fourth-order valence-electron chi connectivity index (χ4n) is 4.66. The van der Waals surface area contributed by atoms with Crippen LogP contribution in [0.2, 0.25) is 0 Å². The summed E-state index contributed by atoms with van der Waals surface area (Å²) in [5.74, 6) is 1.15. The number of halogens is 1. The lowest BCUT2D eigenvalue weighted by Crippen LogP contribution is -2.30. The van der Waals surface area contributed by atoms with Gasteiger partial charge in [-0.25, -0.2) is 19.3 Å². The number of H-pyrrole nitrogens is 2. The van der Waals surface area contributed by atoms with Crippen molar-refractivity contribution in [2.24, 2.45) is 5.92 Å². The SMILES string of the molecule is C=C/C(=C\C(=C/C)c1cnc2n[nH]c(-c3nc4c(N5CCCCC5)nccc4[nH]3)c2c1F)NC(=C)C(C)C. The molecular weight excluding hydrogens is 479 g/mol. The summed E-state index contributed by atoms with van der Waals surface area (Å²) in [6.07, 6.45) is 12.1. The van der Waals surface area contributed by atoms with Crippen molar-refractivity contribution in [3.8, 4) is 11.5 Å². The highest BCUT2D eigenvalue weighted by Crippen LogP contribution is 2.33. The average molecular weight is 513 g/mol. The quantitative estimate of drug-likeness (QED) is 0.241. The molecule has 1 aliphatic heterocycles. The van der Waals surface area contributed by atoms with Crippen molar-refractivity contribution in [2.75, 3.05) is 18.0 Å². The van der Waals surface area contributed by atoms with Crippen LogP contribution in [0.1, 0.15) is 45.6 Å². The van der Waals surface area contributed by atoms with Crippen LogP contribution < -0.4 is 10.2 Å². The highest BCUT2D eigenvalue weighted by atomic mass is 19.1. The van der Waals surface area contributed by atoms with Gasteiger partial charge in [0.15, 0.2) is 17.3 Å². The first-order chi connectivity index (χ1) is 18.4. The zero-order chi connectivity index (χ0) is 26.8. The molecule has 0 spiro atoms. The summed E-state index contributed by atoms with van der Waals surface area (Å²) in [5.41, 5.74) is 4.91. The minimum absolute atomic E-state index is 0.241. The van der Waals surface area contributed by atoms with Gasteiger partial charge in [-0.15, -0.1) is 0 Å². The first-order valence-corrected chi connectivity index (χ1v) is 13.0. The van der Waals surface area contributed by atoms with Gasteiger partial charge in [-0.1, -0.05) is 33.1 Å². The molecule has 1 fully saturated rings. The van der Waals surface area contributed by atoms with Gasteiger partial charge in [-0.2, -0.15) is 5.10 Å². The molecule has 0 aliphatic carbocycles. The molecule has 5 rings (SSSR count). The normalized spacial score (nSPS) is 15.0. The van der Waals surface area contributed by atoms with Crippen molar-refractivity contribution in [2.45, 2.75) is 40.0 Å². The lowest BCUT2D eigenvalue weighted by atomic mass is 10.0. The number of nitrogens with zero attached hydrogens (tertiary/aromatic N) is 5. The summed E-state index contributed by atoms with van der Waals surface area (Å²) in [5, 5.41) is 10.8. The molecule has 38 heavy (non-hydrogen) atoms. The monoisotopic (exact) mass is 512 g/mol. The molecule has 0 radical (unpaired) electrons. The summed E-state index contributed by atoms with van der Waals surface area (Å²) in [4.78, 5) is 19.5. The zero-order valence-corrected chi connectivity index (χ0v) is 22.1. The molecule has 196 valence electrons. The second-order valence-electron chi connectivity index (χ2n) is 9.80. The van der Waals surface area contributed by atoms with Gasteiger partial charge < -0.3 is 15.2 Å². The number of hydrogen-bond acceptors (Lipinski definition) is 6. The average Bonchev–Trinajstić information content (AvgIpc) is 3.56. The van der Waals surface area contributed by atoms with E-state index in [2.05, 4.69) is 48.5 Å². The molecule has 0 bridgehead atoms. The minimum atomic E-state index is -0.427. The molecule has 4 aromatic rings. The van der Waals surface area contributed by atoms with Crippen LogP contribution in [0.5, 0.6) is 0 Å². The third-order valence-corrected chi connectivity index (χ3v) is 6.95. The Morgan fingerprint density at radius 2 is 2.00 bits per heavy atom. The highest BCUT2D eigenvalue weighted by Gasteiger charge is 2.22. The van der Waals surface area contributed by atoms with E-state index in [-0.39, 0.29) is 17.0 Å². The number of rotatable bonds is 8. The van der Waals surface area contributed by atoms with Crippen LogP contribution in [-0.2, 0) is 0 Å². The highest BCUT2D eigenvalue weighted by molar-refractivity contribution is 5.96. The van der Waals surface area contributed by atoms with Crippen LogP contribution in [0, 0.1) is 11.7 Å². The van der Waals surface area contributed by atoms with Gasteiger partial charge in [0.05, 0.1) is 10.9 Å². The minimum Gasteiger partial charge on any atom is -0.359 e. The topological polar surface area (TPSA) is 98.4 Å². The maximum Gasteiger partial charge on any atom is 0.184 e. The molecule has 0 aromatic carbocycles. The zero-order valence-electron chi connectivity index (χ0n) is 22.1. The van der Waals surface area contributed by atoms with Gasteiger partial charge in [-0.3, -0.25) is 5.10 Å². The summed E-state index contributed by atoms with van der Waals surface area (Å²) < 4.78 is 16.2. The molecule has 4 aromatic heterocycles. The van der Waals surface area contributed by atoms with Crippen molar-refractivity contribution >= 4 is 33.5 Å². The van der Waals surface area contributed by atoms with Gasteiger partial charge in [0.25, 0.3) is 0 Å². The number of aromatic nitrogens is 6. The van der Waals surface area contributed by atoms with E-state index >= 15 is 4.39 Å². The Balaban J connectivity index is 1.57. The second kappa shape index (κ2) is 10.6. The molecule has 3 N–H and O–H groups in total. The molecule has 1 aliphatic rings. The number of fused-ring (bicyclic) bond motifs is 2. The Morgan fingerprint density at radius 1 is 1.21 bits per heavy atom. The Labute approximate surface area is 221 Å². The molecule has 9 heteroatoms. The molecule has 8 nitrogen and oxygen atoms in total. The van der Waals surface area contributed by atoms with E-state index in [1.54, 1.807) is 12.3 Å². The smallest absolute Gasteiger partial charge is 0.184 e. The molecule has 5 heterocycles. The number of imidazole rings is 1.